The average molecular weight is 1010 g/mol. The summed E-state index contributed by atoms with van der Waals surface area (Å²) in [6.45, 7) is 2.70. The molecule has 17 nitrogen and oxygen atoms in total. The molecule has 0 amide bonds. The van der Waals surface area contributed by atoms with Crippen molar-refractivity contribution in [3.05, 3.63) is 85.1 Å². The first-order chi connectivity index (χ1) is 32.5. The minimum Gasteiger partial charge on any atom is -0.462 e. The van der Waals surface area contributed by atoms with Crippen molar-refractivity contribution in [3.63, 3.8) is 0 Å². The number of carbonyl (C=O) groups excluding carboxylic acids is 2. The van der Waals surface area contributed by atoms with Crippen LogP contribution in [0.4, 0.5) is 0 Å². The number of phosphoric acid groups is 2. The third kappa shape index (κ3) is 32.9. The second-order valence-electron chi connectivity index (χ2n) is 16.6. The van der Waals surface area contributed by atoms with Crippen LogP contribution in [0.2, 0.25) is 0 Å². The Balaban J connectivity index is 2.64. The average Bonchev–Trinajstić information content (AvgIpc) is 3.29. The minimum absolute atomic E-state index is 0.0543. The number of unbranched alkanes of at least 4 members (excludes halogenated alkanes) is 11. The summed E-state index contributed by atoms with van der Waals surface area (Å²) >= 11 is 0. The van der Waals surface area contributed by atoms with Gasteiger partial charge in [0.15, 0.2) is 6.10 Å². The Morgan fingerprint density at radius 2 is 1.03 bits per heavy atom. The maximum atomic E-state index is 13.0. The predicted octanol–water partition coefficient (Wildman–Crippen LogP) is 8.36. The van der Waals surface area contributed by atoms with Crippen LogP contribution in [0.3, 0.4) is 0 Å². The van der Waals surface area contributed by atoms with Gasteiger partial charge in [-0.2, -0.15) is 0 Å². The van der Waals surface area contributed by atoms with Crippen LogP contribution in [0.25, 0.3) is 0 Å². The number of allylic oxidation sites excluding steroid dienone is 13. The van der Waals surface area contributed by atoms with Crippen molar-refractivity contribution in [2.24, 2.45) is 0 Å². The molecule has 1 rings (SSSR count). The molecule has 1 fully saturated rings. The molecule has 0 radical (unpaired) electrons. The topological polar surface area (TPSA) is 276 Å². The van der Waals surface area contributed by atoms with Crippen molar-refractivity contribution < 1.29 is 82.0 Å². The van der Waals surface area contributed by atoms with E-state index in [4.69, 9.17) is 18.5 Å². The van der Waals surface area contributed by atoms with E-state index in [1.165, 1.54) is 19.3 Å². The summed E-state index contributed by atoms with van der Waals surface area (Å²) in [4.78, 5) is 54.3. The number of hydrogen-bond donors (Lipinski definition) is 8. The van der Waals surface area contributed by atoms with Crippen molar-refractivity contribution in [1.82, 2.24) is 0 Å². The minimum atomic E-state index is -5.38. The van der Waals surface area contributed by atoms with Crippen LogP contribution in [0.5, 0.6) is 0 Å². The SMILES string of the molecule is CCCCC/C=C\C/C=C\CCCCCCCCCC(=O)OC[C@H](COP(=O)(O)O[C@H]1C(O)C(O)C(O)[C@@H](OP(=O)(O)O)C1O)OC(=O)CCC/C=C\C/C=C\C/C=C\C/C=C\C=C\[C@H](O)CC. The molecule has 0 saturated heterocycles. The highest BCUT2D eigenvalue weighted by Crippen LogP contribution is 2.49. The first kappa shape index (κ1) is 63.2. The molecule has 9 atom stereocenters. The van der Waals surface area contributed by atoms with Crippen molar-refractivity contribution in [2.75, 3.05) is 13.2 Å². The van der Waals surface area contributed by atoms with E-state index >= 15 is 0 Å². The van der Waals surface area contributed by atoms with Crippen molar-refractivity contribution >= 4 is 27.6 Å². The van der Waals surface area contributed by atoms with E-state index in [0.717, 1.165) is 70.6 Å². The van der Waals surface area contributed by atoms with Crippen LogP contribution in [-0.4, -0.2) is 114 Å². The van der Waals surface area contributed by atoms with E-state index in [-0.39, 0.29) is 12.8 Å². The highest BCUT2D eigenvalue weighted by atomic mass is 31.2. The molecule has 19 heteroatoms. The summed E-state index contributed by atoms with van der Waals surface area (Å²) in [7, 11) is -10.7. The van der Waals surface area contributed by atoms with E-state index in [1.807, 2.05) is 49.5 Å². The zero-order valence-corrected chi connectivity index (χ0v) is 41.9. The van der Waals surface area contributed by atoms with Gasteiger partial charge in [-0.05, 0) is 77.0 Å². The fraction of sp³-hybridized carbons (Fsp3) is 0.673. The van der Waals surface area contributed by atoms with Gasteiger partial charge in [0.25, 0.3) is 0 Å². The Hall–Kier alpha value is -2.86. The van der Waals surface area contributed by atoms with Gasteiger partial charge in [0.1, 0.15) is 43.2 Å². The first-order valence-electron chi connectivity index (χ1n) is 24.2. The summed E-state index contributed by atoms with van der Waals surface area (Å²) < 4.78 is 49.3. The van der Waals surface area contributed by atoms with Gasteiger partial charge in [0.05, 0.1) is 12.7 Å². The molecule has 5 unspecified atom stereocenters. The summed E-state index contributed by atoms with van der Waals surface area (Å²) in [6, 6.07) is 0. The van der Waals surface area contributed by atoms with Crippen LogP contribution < -0.4 is 0 Å². The van der Waals surface area contributed by atoms with Gasteiger partial charge in [-0.15, -0.1) is 0 Å². The number of aliphatic hydroxyl groups is 5. The Kier molecular flexibility index (Phi) is 36.1. The van der Waals surface area contributed by atoms with Gasteiger partial charge in [-0.3, -0.25) is 23.2 Å². The fourth-order valence-corrected chi connectivity index (χ4v) is 8.23. The normalized spacial score (nSPS) is 22.4. The summed E-state index contributed by atoms with van der Waals surface area (Å²) in [5, 5.41) is 50.8. The molecule has 0 aromatic rings. The monoisotopic (exact) mass is 1000 g/mol. The van der Waals surface area contributed by atoms with Crippen LogP contribution in [-0.2, 0) is 41.8 Å². The molecule has 0 spiro atoms. The summed E-state index contributed by atoms with van der Waals surface area (Å²) in [6.07, 6.45) is 30.6. The highest BCUT2D eigenvalue weighted by molar-refractivity contribution is 7.47. The molecule has 1 aliphatic rings. The van der Waals surface area contributed by atoms with Crippen molar-refractivity contribution in [3.8, 4) is 0 Å². The van der Waals surface area contributed by atoms with Crippen molar-refractivity contribution in [2.45, 2.75) is 198 Å². The molecule has 1 aliphatic carbocycles. The molecule has 390 valence electrons. The number of ether oxygens (including phenoxy) is 2. The van der Waals surface area contributed by atoms with E-state index in [0.29, 0.717) is 32.1 Å². The van der Waals surface area contributed by atoms with Gasteiger partial charge in [-0.25, -0.2) is 9.13 Å². The lowest BCUT2D eigenvalue weighted by molar-refractivity contribution is -0.216. The van der Waals surface area contributed by atoms with Crippen LogP contribution in [0, 0.1) is 0 Å². The highest BCUT2D eigenvalue weighted by Gasteiger charge is 2.54. The number of esters is 2. The Morgan fingerprint density at radius 1 is 0.544 bits per heavy atom. The second kappa shape index (κ2) is 38.8. The lowest BCUT2D eigenvalue weighted by Crippen LogP contribution is -2.64. The maximum absolute atomic E-state index is 13.0. The zero-order chi connectivity index (χ0) is 50.5. The van der Waals surface area contributed by atoms with Gasteiger partial charge in [0.2, 0.25) is 0 Å². The number of carbonyl (C=O) groups is 2. The molecule has 1 saturated carbocycles. The first-order valence-corrected chi connectivity index (χ1v) is 27.3. The van der Waals surface area contributed by atoms with Crippen LogP contribution in [0.15, 0.2) is 85.1 Å². The third-order valence-electron chi connectivity index (χ3n) is 10.6. The zero-order valence-electron chi connectivity index (χ0n) is 40.1. The molecular formula is C49H82O17P2. The predicted molar refractivity (Wildman–Crippen MR) is 261 cm³/mol. The van der Waals surface area contributed by atoms with E-state index in [9.17, 15) is 58.9 Å². The summed E-state index contributed by atoms with van der Waals surface area (Å²) in [5.74, 6) is -1.31. The molecule has 0 heterocycles. The lowest BCUT2D eigenvalue weighted by Gasteiger charge is -2.43. The van der Waals surface area contributed by atoms with Crippen LogP contribution >= 0.6 is 15.6 Å². The van der Waals surface area contributed by atoms with E-state index in [2.05, 4.69) is 47.9 Å². The van der Waals surface area contributed by atoms with Gasteiger partial charge >= 0.3 is 27.6 Å². The van der Waals surface area contributed by atoms with E-state index in [1.54, 1.807) is 6.08 Å². The van der Waals surface area contributed by atoms with Crippen LogP contribution in [0.1, 0.15) is 149 Å². The largest absolute Gasteiger partial charge is 0.472 e. The summed E-state index contributed by atoms with van der Waals surface area (Å²) in [5.41, 5.74) is 0. The number of aliphatic hydroxyl groups excluding tert-OH is 5. The Morgan fingerprint density at radius 3 is 1.59 bits per heavy atom. The molecular weight excluding hydrogens is 922 g/mol. The lowest BCUT2D eigenvalue weighted by atomic mass is 9.85. The van der Waals surface area contributed by atoms with Crippen molar-refractivity contribution in [1.29, 1.82) is 0 Å². The maximum Gasteiger partial charge on any atom is 0.472 e. The number of hydrogen-bond acceptors (Lipinski definition) is 14. The second-order valence-corrected chi connectivity index (χ2v) is 19.2. The molecule has 0 bridgehead atoms. The number of phosphoric ester groups is 2. The number of rotatable bonds is 39. The van der Waals surface area contributed by atoms with E-state index < -0.39 is 89.6 Å². The van der Waals surface area contributed by atoms with Gasteiger partial charge in [0, 0.05) is 12.8 Å². The Bertz CT molecular complexity index is 1650. The van der Waals surface area contributed by atoms with Gasteiger partial charge in [-0.1, -0.05) is 144 Å². The molecule has 8 N–H and O–H groups in total. The standard InChI is InChI=1S/C49H82O17P2/c1-3-5-6-7-8-9-10-11-12-13-14-18-21-24-27-30-33-36-42(51)62-38-41(39-63-68(60,61)66-49-46(55)44(53)45(54)48(47(49)56)65-67(57,58)59)64-43(52)37-34-31-28-25-22-19-16-15-17-20-23-26-29-32-35-40(50)4-2/h8-9,11-12,16-17,19-20,25-26,28-29,32,35,40-41,44-50,53-56H,3-7,10,13-15,18,21-24,27,30-31,33-34,36-39H2,1-2H3,(H,60,61)(H2,57,58,59)/b9-8-,12-11-,19-16-,20-17-,28-25-,29-26-,35-32+/t40-,41-,44?,45?,46?,47?,48-,49+/m1/s1. The quantitative estimate of drug-likeness (QED) is 0.00944. The fourth-order valence-electron chi connectivity index (χ4n) is 6.69. The Labute approximate surface area is 404 Å². The smallest absolute Gasteiger partial charge is 0.462 e. The van der Waals surface area contributed by atoms with Gasteiger partial charge < -0.3 is 49.7 Å². The molecule has 0 aliphatic heterocycles. The third-order valence-corrected chi connectivity index (χ3v) is 12.1. The molecule has 0 aromatic heterocycles. The molecule has 68 heavy (non-hydrogen) atoms. The molecule has 0 aromatic carbocycles.